The first-order chi connectivity index (χ1) is 13.4. The number of ether oxygens (including phenoxy) is 2. The van der Waals surface area contributed by atoms with Crippen molar-refractivity contribution in [1.82, 2.24) is 4.98 Å². The van der Waals surface area contributed by atoms with Crippen molar-refractivity contribution in [2.75, 3.05) is 50.2 Å². The highest BCUT2D eigenvalue weighted by atomic mass is 32.2. The Hall–Kier alpha value is -2.16. The number of nitrogen functional groups attached to an aromatic ring is 1. The summed E-state index contributed by atoms with van der Waals surface area (Å²) in [5.74, 6) is 0.446. The van der Waals surface area contributed by atoms with E-state index < -0.39 is 15.1 Å². The summed E-state index contributed by atoms with van der Waals surface area (Å²) >= 11 is 0. The van der Waals surface area contributed by atoms with E-state index in [9.17, 15) is 8.42 Å². The highest BCUT2D eigenvalue weighted by Crippen LogP contribution is 2.33. The van der Waals surface area contributed by atoms with E-state index in [0.717, 1.165) is 35.5 Å². The quantitative estimate of drug-likeness (QED) is 0.835. The average molecular weight is 404 g/mol. The summed E-state index contributed by atoms with van der Waals surface area (Å²) in [6, 6.07) is 7.35. The largest absolute Gasteiger partial charge is 0.384 e. The molecule has 2 fully saturated rings. The van der Waals surface area contributed by atoms with Gasteiger partial charge in [-0.1, -0.05) is 0 Å². The van der Waals surface area contributed by atoms with Crippen LogP contribution in [0, 0.1) is 6.92 Å². The standard InChI is InChI=1S/C20H25N3O4S/c1-14-8-20(21)22-12-19(14)15-9-16(23-3-6-26-7-4-23)11-18(10-15)28(24,25)17-2-5-27-13-17/h8-12,17H,2-7,13H2,1H3,(H2,21,22). The van der Waals surface area contributed by atoms with Crippen LogP contribution in [0.25, 0.3) is 11.1 Å². The van der Waals surface area contributed by atoms with Crippen molar-refractivity contribution in [3.63, 3.8) is 0 Å². The molecule has 0 radical (unpaired) electrons. The van der Waals surface area contributed by atoms with Crippen LogP contribution in [0.5, 0.6) is 0 Å². The van der Waals surface area contributed by atoms with E-state index in [1.165, 1.54) is 0 Å². The summed E-state index contributed by atoms with van der Waals surface area (Å²) in [6.45, 7) is 5.41. The van der Waals surface area contributed by atoms with Gasteiger partial charge in [-0.2, -0.15) is 0 Å². The third-order valence-electron chi connectivity index (χ3n) is 5.37. The highest BCUT2D eigenvalue weighted by Gasteiger charge is 2.32. The van der Waals surface area contributed by atoms with Crippen molar-refractivity contribution < 1.29 is 17.9 Å². The van der Waals surface area contributed by atoms with Crippen molar-refractivity contribution in [2.45, 2.75) is 23.5 Å². The molecule has 8 heteroatoms. The Bertz CT molecular complexity index is 965. The summed E-state index contributed by atoms with van der Waals surface area (Å²) in [5, 5.41) is -0.495. The first-order valence-corrected chi connectivity index (χ1v) is 11.0. The SMILES string of the molecule is Cc1cc(N)ncc1-c1cc(N2CCOCC2)cc(S(=O)(=O)C2CCOC2)c1. The van der Waals surface area contributed by atoms with E-state index in [-0.39, 0.29) is 6.61 Å². The molecule has 0 bridgehead atoms. The first kappa shape index (κ1) is 19.2. The molecule has 150 valence electrons. The molecule has 0 spiro atoms. The number of nitrogens with two attached hydrogens (primary N) is 1. The van der Waals surface area contributed by atoms with Crippen molar-refractivity contribution in [2.24, 2.45) is 0 Å². The molecule has 0 saturated carbocycles. The first-order valence-electron chi connectivity index (χ1n) is 9.47. The van der Waals surface area contributed by atoms with Crippen molar-refractivity contribution >= 4 is 21.3 Å². The van der Waals surface area contributed by atoms with E-state index in [4.69, 9.17) is 15.2 Å². The van der Waals surface area contributed by atoms with Crippen LogP contribution in [0.3, 0.4) is 0 Å². The summed E-state index contributed by atoms with van der Waals surface area (Å²) in [6.07, 6.45) is 2.24. The number of hydrogen-bond donors (Lipinski definition) is 1. The maximum absolute atomic E-state index is 13.2. The maximum Gasteiger partial charge on any atom is 0.183 e. The summed E-state index contributed by atoms with van der Waals surface area (Å²) < 4.78 is 37.2. The van der Waals surface area contributed by atoms with Crippen LogP contribution in [0.1, 0.15) is 12.0 Å². The summed E-state index contributed by atoms with van der Waals surface area (Å²) in [4.78, 5) is 6.70. The predicted octanol–water partition coefficient (Wildman–Crippen LogP) is 2.04. The topological polar surface area (TPSA) is 94.7 Å². The maximum atomic E-state index is 13.2. The highest BCUT2D eigenvalue weighted by molar-refractivity contribution is 7.92. The molecule has 1 aromatic carbocycles. The summed E-state index contributed by atoms with van der Waals surface area (Å²) in [5.41, 5.74) is 9.34. The van der Waals surface area contributed by atoms with Crippen LogP contribution in [-0.4, -0.2) is 58.2 Å². The minimum Gasteiger partial charge on any atom is -0.384 e. The molecule has 0 aliphatic carbocycles. The number of morpholine rings is 1. The number of aromatic nitrogens is 1. The van der Waals surface area contributed by atoms with Gasteiger partial charge in [0.05, 0.1) is 30.0 Å². The fourth-order valence-electron chi connectivity index (χ4n) is 3.74. The third-order valence-corrected chi connectivity index (χ3v) is 7.51. The molecule has 2 saturated heterocycles. The van der Waals surface area contributed by atoms with Gasteiger partial charge in [-0.25, -0.2) is 13.4 Å². The zero-order valence-electron chi connectivity index (χ0n) is 15.9. The van der Waals surface area contributed by atoms with Gasteiger partial charge in [0, 0.05) is 37.1 Å². The molecule has 2 aliphatic heterocycles. The Morgan fingerprint density at radius 1 is 1.11 bits per heavy atom. The van der Waals surface area contributed by atoms with Crippen LogP contribution in [0.2, 0.25) is 0 Å². The van der Waals surface area contributed by atoms with E-state index in [2.05, 4.69) is 9.88 Å². The molecule has 2 N–H and O–H groups in total. The number of benzene rings is 1. The second-order valence-electron chi connectivity index (χ2n) is 7.27. The lowest BCUT2D eigenvalue weighted by atomic mass is 10.0. The second kappa shape index (κ2) is 7.69. The van der Waals surface area contributed by atoms with Gasteiger partial charge >= 0.3 is 0 Å². The number of pyridine rings is 1. The third kappa shape index (κ3) is 3.72. The van der Waals surface area contributed by atoms with Crippen molar-refractivity contribution in [3.8, 4) is 11.1 Å². The monoisotopic (exact) mass is 403 g/mol. The van der Waals surface area contributed by atoms with Crippen LogP contribution in [0.4, 0.5) is 11.5 Å². The van der Waals surface area contributed by atoms with Gasteiger partial charge in [0.1, 0.15) is 5.82 Å². The number of anilines is 2. The van der Waals surface area contributed by atoms with Crippen LogP contribution in [-0.2, 0) is 19.3 Å². The number of hydrogen-bond acceptors (Lipinski definition) is 7. The van der Waals surface area contributed by atoms with E-state index >= 15 is 0 Å². The van der Waals surface area contributed by atoms with Gasteiger partial charge in [-0.15, -0.1) is 0 Å². The number of rotatable bonds is 4. The van der Waals surface area contributed by atoms with Crippen molar-refractivity contribution in [1.29, 1.82) is 0 Å². The number of sulfone groups is 1. The summed E-state index contributed by atoms with van der Waals surface area (Å²) in [7, 11) is -3.48. The second-order valence-corrected chi connectivity index (χ2v) is 9.50. The zero-order valence-corrected chi connectivity index (χ0v) is 16.7. The van der Waals surface area contributed by atoms with Gasteiger partial charge in [-0.3, -0.25) is 0 Å². The number of aryl methyl sites for hydroxylation is 1. The smallest absolute Gasteiger partial charge is 0.183 e. The molecule has 2 aromatic rings. The van der Waals surface area contributed by atoms with Gasteiger partial charge in [0.25, 0.3) is 0 Å². The Kier molecular flexibility index (Phi) is 5.27. The van der Waals surface area contributed by atoms with E-state index in [1.807, 2.05) is 13.0 Å². The minimum absolute atomic E-state index is 0.252. The van der Waals surface area contributed by atoms with Gasteiger partial charge < -0.3 is 20.1 Å². The minimum atomic E-state index is -3.48. The van der Waals surface area contributed by atoms with Crippen LogP contribution < -0.4 is 10.6 Å². The lowest BCUT2D eigenvalue weighted by Gasteiger charge is -2.30. The van der Waals surface area contributed by atoms with Crippen LogP contribution >= 0.6 is 0 Å². The molecule has 1 unspecified atom stereocenters. The lowest BCUT2D eigenvalue weighted by molar-refractivity contribution is 0.122. The number of nitrogens with zero attached hydrogens (tertiary/aromatic N) is 2. The Morgan fingerprint density at radius 2 is 1.89 bits per heavy atom. The fraction of sp³-hybridized carbons (Fsp3) is 0.450. The molecule has 4 rings (SSSR count). The predicted molar refractivity (Wildman–Crippen MR) is 108 cm³/mol. The average Bonchev–Trinajstić information content (AvgIpc) is 3.24. The van der Waals surface area contributed by atoms with Crippen LogP contribution in [0.15, 0.2) is 35.4 Å². The Morgan fingerprint density at radius 3 is 2.57 bits per heavy atom. The molecule has 28 heavy (non-hydrogen) atoms. The molecular formula is C20H25N3O4S. The fourth-order valence-corrected chi connectivity index (χ4v) is 5.38. The normalized spacial score (nSPS) is 20.5. The van der Waals surface area contributed by atoms with Gasteiger partial charge in [-0.05, 0) is 48.7 Å². The molecule has 3 heterocycles. The Labute approximate surface area is 165 Å². The van der Waals surface area contributed by atoms with Gasteiger partial charge in [0.15, 0.2) is 9.84 Å². The molecule has 7 nitrogen and oxygen atoms in total. The Balaban J connectivity index is 1.83. The van der Waals surface area contributed by atoms with E-state index in [1.54, 1.807) is 24.4 Å². The van der Waals surface area contributed by atoms with Gasteiger partial charge in [0.2, 0.25) is 0 Å². The molecular weight excluding hydrogens is 378 g/mol. The zero-order chi connectivity index (χ0) is 19.7. The molecule has 1 atom stereocenters. The molecule has 0 amide bonds. The molecule has 1 aromatic heterocycles. The van der Waals surface area contributed by atoms with E-state index in [0.29, 0.717) is 37.0 Å². The lowest BCUT2D eigenvalue weighted by Crippen LogP contribution is -2.36. The van der Waals surface area contributed by atoms with Crippen molar-refractivity contribution in [3.05, 3.63) is 36.0 Å². The molecule has 2 aliphatic rings.